The number of carbonyl (C=O) groups is 2. The minimum absolute atomic E-state index is 0.244. The topological polar surface area (TPSA) is 49.9 Å². The highest BCUT2D eigenvalue weighted by Crippen LogP contribution is 2.28. The number of hydrogen-bond acceptors (Lipinski definition) is 3. The van der Waals surface area contributed by atoms with Gasteiger partial charge in [-0.15, -0.1) is 0 Å². The zero-order chi connectivity index (χ0) is 15.4. The van der Waals surface area contributed by atoms with Crippen molar-refractivity contribution in [2.45, 2.75) is 44.9 Å². The maximum Gasteiger partial charge on any atom is 0.225 e. The van der Waals surface area contributed by atoms with E-state index in [2.05, 4.69) is 0 Å². The van der Waals surface area contributed by atoms with E-state index < -0.39 is 0 Å². The summed E-state index contributed by atoms with van der Waals surface area (Å²) in [6, 6.07) is 0. The van der Waals surface area contributed by atoms with Gasteiger partial charge in [0.1, 0.15) is 0 Å². The molecule has 1 unspecified atom stereocenters. The van der Waals surface area contributed by atoms with Gasteiger partial charge in [0.2, 0.25) is 11.8 Å². The fraction of sp³-hybridized carbons (Fsp3) is 0.882. The lowest BCUT2D eigenvalue weighted by atomic mass is 9.84. The molecule has 3 fully saturated rings. The van der Waals surface area contributed by atoms with Crippen LogP contribution in [0, 0.1) is 11.8 Å². The maximum absolute atomic E-state index is 12.5. The summed E-state index contributed by atoms with van der Waals surface area (Å²) in [4.78, 5) is 28.7. The van der Waals surface area contributed by atoms with Gasteiger partial charge in [-0.05, 0) is 38.0 Å². The summed E-state index contributed by atoms with van der Waals surface area (Å²) in [7, 11) is 0. The van der Waals surface area contributed by atoms with Gasteiger partial charge in [0.25, 0.3) is 0 Å². The second-order valence-electron chi connectivity index (χ2n) is 6.97. The summed E-state index contributed by atoms with van der Waals surface area (Å²) in [6.45, 7) is 4.58. The molecule has 1 atom stereocenters. The first-order valence-corrected chi connectivity index (χ1v) is 8.88. The second-order valence-corrected chi connectivity index (χ2v) is 6.97. The quantitative estimate of drug-likeness (QED) is 0.797. The average molecular weight is 308 g/mol. The largest absolute Gasteiger partial charge is 0.381 e. The van der Waals surface area contributed by atoms with Crippen LogP contribution in [-0.2, 0) is 14.3 Å². The summed E-state index contributed by atoms with van der Waals surface area (Å²) in [6.07, 6.45) is 6.99. The molecule has 1 aliphatic carbocycles. The van der Waals surface area contributed by atoms with E-state index >= 15 is 0 Å². The van der Waals surface area contributed by atoms with Gasteiger partial charge in [0.05, 0.1) is 0 Å². The van der Waals surface area contributed by atoms with Crippen molar-refractivity contribution in [3.63, 3.8) is 0 Å². The Hall–Kier alpha value is -1.10. The van der Waals surface area contributed by atoms with Crippen molar-refractivity contribution in [2.24, 2.45) is 11.8 Å². The van der Waals surface area contributed by atoms with Crippen LogP contribution >= 0.6 is 0 Å². The predicted octanol–water partition coefficient (Wildman–Crippen LogP) is 1.66. The Morgan fingerprint density at radius 1 is 0.909 bits per heavy atom. The molecule has 0 aromatic carbocycles. The normalized spacial score (nSPS) is 27.2. The lowest BCUT2D eigenvalue weighted by Gasteiger charge is -2.31. The summed E-state index contributed by atoms with van der Waals surface area (Å²) < 4.78 is 5.47. The molecule has 2 aliphatic heterocycles. The minimum atomic E-state index is 0.244. The zero-order valence-electron chi connectivity index (χ0n) is 13.5. The Balaban J connectivity index is 1.46. The Morgan fingerprint density at radius 3 is 2.36 bits per heavy atom. The van der Waals surface area contributed by atoms with Crippen LogP contribution in [0.1, 0.15) is 44.9 Å². The Morgan fingerprint density at radius 2 is 1.68 bits per heavy atom. The van der Waals surface area contributed by atoms with Crippen LogP contribution in [0.25, 0.3) is 0 Å². The monoisotopic (exact) mass is 308 g/mol. The molecular weight excluding hydrogens is 280 g/mol. The number of ether oxygens (including phenoxy) is 1. The van der Waals surface area contributed by atoms with E-state index in [4.69, 9.17) is 4.74 Å². The molecule has 5 heteroatoms. The van der Waals surface area contributed by atoms with Crippen LogP contribution < -0.4 is 0 Å². The molecule has 2 heterocycles. The van der Waals surface area contributed by atoms with Gasteiger partial charge in [0.15, 0.2) is 0 Å². The summed E-state index contributed by atoms with van der Waals surface area (Å²) in [5.41, 5.74) is 0. The lowest BCUT2D eigenvalue weighted by Crippen LogP contribution is -2.42. The molecular formula is C17H28N2O3. The Labute approximate surface area is 133 Å². The van der Waals surface area contributed by atoms with Crippen LogP contribution in [0.3, 0.4) is 0 Å². The van der Waals surface area contributed by atoms with Crippen LogP contribution in [-0.4, -0.2) is 61.0 Å². The van der Waals surface area contributed by atoms with Crippen LogP contribution in [0.2, 0.25) is 0 Å². The fourth-order valence-electron chi connectivity index (χ4n) is 3.65. The third kappa shape index (κ3) is 3.80. The first kappa shape index (κ1) is 15.8. The molecule has 0 bridgehead atoms. The van der Waals surface area contributed by atoms with Gasteiger partial charge >= 0.3 is 0 Å². The van der Waals surface area contributed by atoms with Crippen LogP contribution in [0.15, 0.2) is 0 Å². The van der Waals surface area contributed by atoms with Gasteiger partial charge in [-0.25, -0.2) is 0 Å². The third-order valence-corrected chi connectivity index (χ3v) is 5.33. The zero-order valence-corrected chi connectivity index (χ0v) is 13.5. The van der Waals surface area contributed by atoms with E-state index in [9.17, 15) is 9.59 Å². The van der Waals surface area contributed by atoms with E-state index in [1.807, 2.05) is 9.80 Å². The molecule has 0 aromatic heterocycles. The predicted molar refractivity (Wildman–Crippen MR) is 83.3 cm³/mol. The first-order chi connectivity index (χ1) is 10.7. The van der Waals surface area contributed by atoms with Gasteiger partial charge in [0, 0.05) is 51.7 Å². The molecule has 2 amide bonds. The number of amides is 2. The summed E-state index contributed by atoms with van der Waals surface area (Å²) in [5.74, 6) is 1.22. The van der Waals surface area contributed by atoms with Crippen LogP contribution in [0.5, 0.6) is 0 Å². The van der Waals surface area contributed by atoms with Crippen LogP contribution in [0.4, 0.5) is 0 Å². The highest BCUT2D eigenvalue weighted by Gasteiger charge is 2.31. The Bertz CT molecular complexity index is 403. The fourth-order valence-corrected chi connectivity index (χ4v) is 3.65. The molecule has 0 radical (unpaired) electrons. The van der Waals surface area contributed by atoms with Gasteiger partial charge in [-0.2, -0.15) is 0 Å². The van der Waals surface area contributed by atoms with Crippen molar-refractivity contribution in [3.8, 4) is 0 Å². The molecule has 1 saturated carbocycles. The van der Waals surface area contributed by atoms with E-state index in [1.54, 1.807) is 0 Å². The average Bonchev–Trinajstić information content (AvgIpc) is 2.72. The summed E-state index contributed by atoms with van der Waals surface area (Å²) >= 11 is 0. The molecule has 0 spiro atoms. The first-order valence-electron chi connectivity index (χ1n) is 8.88. The van der Waals surface area contributed by atoms with Gasteiger partial charge < -0.3 is 14.5 Å². The number of rotatable bonds is 3. The highest BCUT2D eigenvalue weighted by molar-refractivity contribution is 5.80. The standard InChI is InChI=1S/C17H28N2O3/c20-16(12-14-4-2-11-22-13-14)18-7-3-8-19(10-9-18)17(21)15-5-1-6-15/h14-15H,1-13H2. The number of carbonyl (C=O) groups excluding carboxylic acids is 2. The molecule has 0 N–H and O–H groups in total. The van der Waals surface area contributed by atoms with E-state index in [0.717, 1.165) is 58.4 Å². The molecule has 2 saturated heterocycles. The highest BCUT2D eigenvalue weighted by atomic mass is 16.5. The second kappa shape index (κ2) is 7.44. The SMILES string of the molecule is O=C(CC1CCCOC1)N1CCCN(C(=O)C2CCC2)CC1. The van der Waals surface area contributed by atoms with Crippen molar-refractivity contribution in [2.75, 3.05) is 39.4 Å². The van der Waals surface area contributed by atoms with Crippen molar-refractivity contribution >= 4 is 11.8 Å². The van der Waals surface area contributed by atoms with Gasteiger partial charge in [-0.3, -0.25) is 9.59 Å². The Kier molecular flexibility index (Phi) is 5.34. The summed E-state index contributed by atoms with van der Waals surface area (Å²) in [5, 5.41) is 0. The van der Waals surface area contributed by atoms with E-state index in [0.29, 0.717) is 31.3 Å². The molecule has 3 rings (SSSR count). The maximum atomic E-state index is 12.5. The van der Waals surface area contributed by atoms with Crippen molar-refractivity contribution in [1.29, 1.82) is 0 Å². The minimum Gasteiger partial charge on any atom is -0.381 e. The molecule has 0 aromatic rings. The smallest absolute Gasteiger partial charge is 0.225 e. The number of hydrogen-bond donors (Lipinski definition) is 0. The molecule has 5 nitrogen and oxygen atoms in total. The number of nitrogens with zero attached hydrogens (tertiary/aromatic N) is 2. The van der Waals surface area contributed by atoms with Crippen molar-refractivity contribution < 1.29 is 14.3 Å². The van der Waals surface area contributed by atoms with Crippen molar-refractivity contribution in [3.05, 3.63) is 0 Å². The molecule has 3 aliphatic rings. The van der Waals surface area contributed by atoms with Crippen molar-refractivity contribution in [1.82, 2.24) is 9.80 Å². The van der Waals surface area contributed by atoms with E-state index in [-0.39, 0.29) is 11.8 Å². The molecule has 124 valence electrons. The van der Waals surface area contributed by atoms with E-state index in [1.165, 1.54) is 6.42 Å². The lowest BCUT2D eigenvalue weighted by molar-refractivity contribution is -0.139. The van der Waals surface area contributed by atoms with Gasteiger partial charge in [-0.1, -0.05) is 6.42 Å². The third-order valence-electron chi connectivity index (χ3n) is 5.33. The molecule has 22 heavy (non-hydrogen) atoms.